The Balaban J connectivity index is 2.13. The van der Waals surface area contributed by atoms with Crippen molar-refractivity contribution >= 4 is 28.9 Å². The number of ether oxygens (including phenoxy) is 1. The minimum atomic E-state index is -0.522. The Morgan fingerprint density at radius 1 is 1.21 bits per heavy atom. The van der Waals surface area contributed by atoms with E-state index in [1.54, 1.807) is 31.2 Å². The van der Waals surface area contributed by atoms with Crippen LogP contribution >= 0.6 is 11.6 Å². The highest BCUT2D eigenvalue weighted by Crippen LogP contribution is 2.30. The standard InChI is InChI=1S/C17H17ClN2O4/c1-10-4-6-14(20(22)23)17(12(10)3)19-16(21)9-24-15-7-5-13(18)8-11(15)2/h4-8H,9H2,1-3H3,(H,19,21). The summed E-state index contributed by atoms with van der Waals surface area (Å²) >= 11 is 5.87. The highest BCUT2D eigenvalue weighted by molar-refractivity contribution is 6.30. The predicted octanol–water partition coefficient (Wildman–Crippen LogP) is 4.19. The van der Waals surface area contributed by atoms with E-state index in [2.05, 4.69) is 5.32 Å². The van der Waals surface area contributed by atoms with Crippen LogP contribution in [0.5, 0.6) is 5.75 Å². The van der Waals surface area contributed by atoms with Gasteiger partial charge >= 0.3 is 0 Å². The molecule has 0 saturated heterocycles. The Labute approximate surface area is 144 Å². The van der Waals surface area contributed by atoms with Crippen LogP contribution < -0.4 is 10.1 Å². The first kappa shape index (κ1) is 17.7. The molecule has 0 fully saturated rings. The molecule has 6 nitrogen and oxygen atoms in total. The van der Waals surface area contributed by atoms with Crippen LogP contribution in [-0.4, -0.2) is 17.4 Å². The van der Waals surface area contributed by atoms with Crippen molar-refractivity contribution in [3.05, 3.63) is 62.2 Å². The smallest absolute Gasteiger partial charge is 0.293 e. The van der Waals surface area contributed by atoms with Crippen molar-refractivity contribution in [3.8, 4) is 5.75 Å². The highest BCUT2D eigenvalue weighted by Gasteiger charge is 2.19. The molecule has 0 radical (unpaired) electrons. The van der Waals surface area contributed by atoms with E-state index in [4.69, 9.17) is 16.3 Å². The number of benzene rings is 2. The van der Waals surface area contributed by atoms with Gasteiger partial charge in [-0.15, -0.1) is 0 Å². The van der Waals surface area contributed by atoms with Gasteiger partial charge in [0.2, 0.25) is 0 Å². The van der Waals surface area contributed by atoms with E-state index in [0.717, 1.165) is 11.1 Å². The maximum absolute atomic E-state index is 12.1. The first-order valence-electron chi connectivity index (χ1n) is 7.23. The number of nitrogens with one attached hydrogen (secondary N) is 1. The van der Waals surface area contributed by atoms with Gasteiger partial charge in [-0.2, -0.15) is 0 Å². The van der Waals surface area contributed by atoms with Crippen molar-refractivity contribution in [1.29, 1.82) is 0 Å². The van der Waals surface area contributed by atoms with Gasteiger partial charge in [0, 0.05) is 11.1 Å². The lowest BCUT2D eigenvalue weighted by Gasteiger charge is -2.12. The second-order valence-electron chi connectivity index (χ2n) is 5.41. The van der Waals surface area contributed by atoms with Gasteiger partial charge in [0.15, 0.2) is 6.61 Å². The molecule has 7 heteroatoms. The molecule has 0 aromatic heterocycles. The van der Waals surface area contributed by atoms with Crippen LogP contribution in [0.15, 0.2) is 30.3 Å². The molecule has 2 aromatic carbocycles. The zero-order valence-corrected chi connectivity index (χ0v) is 14.3. The molecule has 0 unspecified atom stereocenters. The summed E-state index contributed by atoms with van der Waals surface area (Å²) in [5.41, 5.74) is 2.36. The van der Waals surface area contributed by atoms with Gasteiger partial charge in [-0.05, 0) is 55.7 Å². The largest absolute Gasteiger partial charge is 0.483 e. The number of nitrogens with zero attached hydrogens (tertiary/aromatic N) is 1. The summed E-state index contributed by atoms with van der Waals surface area (Å²) in [6.07, 6.45) is 0. The SMILES string of the molecule is Cc1cc(Cl)ccc1OCC(=O)Nc1c([N+](=O)[O-])ccc(C)c1C. The van der Waals surface area contributed by atoms with E-state index < -0.39 is 10.8 Å². The number of nitro groups is 1. The summed E-state index contributed by atoms with van der Waals surface area (Å²) in [7, 11) is 0. The van der Waals surface area contributed by atoms with E-state index in [1.807, 2.05) is 13.8 Å². The number of nitro benzene ring substituents is 1. The van der Waals surface area contributed by atoms with Crippen LogP contribution in [0.4, 0.5) is 11.4 Å². The Hall–Kier alpha value is -2.60. The Kier molecular flexibility index (Phi) is 5.41. The monoisotopic (exact) mass is 348 g/mol. The summed E-state index contributed by atoms with van der Waals surface area (Å²) in [6.45, 7) is 5.10. The number of halogens is 1. The van der Waals surface area contributed by atoms with Gasteiger partial charge in [0.05, 0.1) is 4.92 Å². The molecule has 0 aliphatic carbocycles. The van der Waals surface area contributed by atoms with E-state index in [1.165, 1.54) is 6.07 Å². The molecule has 2 rings (SSSR count). The minimum Gasteiger partial charge on any atom is -0.483 e. The quantitative estimate of drug-likeness (QED) is 0.648. The second-order valence-corrected chi connectivity index (χ2v) is 5.84. The molecule has 0 aliphatic heterocycles. The van der Waals surface area contributed by atoms with Gasteiger partial charge in [0.25, 0.3) is 11.6 Å². The van der Waals surface area contributed by atoms with Crippen molar-refractivity contribution in [1.82, 2.24) is 0 Å². The maximum atomic E-state index is 12.1. The lowest BCUT2D eigenvalue weighted by atomic mass is 10.1. The molecule has 126 valence electrons. The Morgan fingerprint density at radius 2 is 1.92 bits per heavy atom. The molecule has 0 spiro atoms. The third-order valence-corrected chi connectivity index (χ3v) is 3.91. The molecule has 0 heterocycles. The molecule has 1 amide bonds. The molecule has 0 bridgehead atoms. The fraction of sp³-hybridized carbons (Fsp3) is 0.235. The first-order valence-corrected chi connectivity index (χ1v) is 7.60. The fourth-order valence-electron chi connectivity index (χ4n) is 2.21. The lowest BCUT2D eigenvalue weighted by Crippen LogP contribution is -2.21. The molecule has 24 heavy (non-hydrogen) atoms. The Bertz CT molecular complexity index is 805. The van der Waals surface area contributed by atoms with E-state index in [0.29, 0.717) is 16.3 Å². The molecule has 0 saturated carbocycles. The topological polar surface area (TPSA) is 81.5 Å². The van der Waals surface area contributed by atoms with Crippen LogP contribution in [0.2, 0.25) is 5.02 Å². The average molecular weight is 349 g/mol. The summed E-state index contributed by atoms with van der Waals surface area (Å²) in [5.74, 6) is 0.0613. The number of anilines is 1. The number of carbonyl (C=O) groups is 1. The number of carbonyl (C=O) groups excluding carboxylic acids is 1. The van der Waals surface area contributed by atoms with Gasteiger partial charge in [0.1, 0.15) is 11.4 Å². The summed E-state index contributed by atoms with van der Waals surface area (Å²) in [6, 6.07) is 8.09. The van der Waals surface area contributed by atoms with Gasteiger partial charge in [-0.3, -0.25) is 14.9 Å². The van der Waals surface area contributed by atoms with Crippen molar-refractivity contribution in [2.75, 3.05) is 11.9 Å². The third-order valence-electron chi connectivity index (χ3n) is 3.67. The van der Waals surface area contributed by atoms with Gasteiger partial charge in [-0.25, -0.2) is 0 Å². The highest BCUT2D eigenvalue weighted by atomic mass is 35.5. The molecular weight excluding hydrogens is 332 g/mol. The van der Waals surface area contributed by atoms with Gasteiger partial charge < -0.3 is 10.1 Å². The third kappa shape index (κ3) is 4.02. The maximum Gasteiger partial charge on any atom is 0.293 e. The Morgan fingerprint density at radius 3 is 2.54 bits per heavy atom. The zero-order chi connectivity index (χ0) is 17.9. The molecule has 2 aromatic rings. The molecular formula is C17H17ClN2O4. The van der Waals surface area contributed by atoms with Crippen molar-refractivity contribution in [2.24, 2.45) is 0 Å². The van der Waals surface area contributed by atoms with Crippen molar-refractivity contribution in [2.45, 2.75) is 20.8 Å². The predicted molar refractivity (Wildman–Crippen MR) is 92.9 cm³/mol. The van der Waals surface area contributed by atoms with Gasteiger partial charge in [-0.1, -0.05) is 17.7 Å². The average Bonchev–Trinajstić information content (AvgIpc) is 2.50. The number of hydrogen-bond acceptors (Lipinski definition) is 4. The van der Waals surface area contributed by atoms with Crippen LogP contribution in [0.1, 0.15) is 16.7 Å². The van der Waals surface area contributed by atoms with Crippen molar-refractivity contribution in [3.63, 3.8) is 0 Å². The second kappa shape index (κ2) is 7.31. The minimum absolute atomic E-state index is 0.144. The molecule has 0 atom stereocenters. The summed E-state index contributed by atoms with van der Waals surface area (Å²) in [4.78, 5) is 22.7. The normalized spacial score (nSPS) is 10.3. The fourth-order valence-corrected chi connectivity index (χ4v) is 2.43. The van der Waals surface area contributed by atoms with Crippen molar-refractivity contribution < 1.29 is 14.5 Å². The zero-order valence-electron chi connectivity index (χ0n) is 13.6. The molecule has 1 N–H and O–H groups in total. The number of rotatable bonds is 5. The van der Waals surface area contributed by atoms with Crippen LogP contribution in [0.3, 0.4) is 0 Å². The van der Waals surface area contributed by atoms with E-state index in [-0.39, 0.29) is 18.0 Å². The first-order chi connectivity index (χ1) is 11.3. The van der Waals surface area contributed by atoms with E-state index in [9.17, 15) is 14.9 Å². The summed E-state index contributed by atoms with van der Waals surface area (Å²) < 4.78 is 5.46. The molecule has 0 aliphatic rings. The number of hydrogen-bond donors (Lipinski definition) is 1. The van der Waals surface area contributed by atoms with Crippen LogP contribution in [-0.2, 0) is 4.79 Å². The summed E-state index contributed by atoms with van der Waals surface area (Å²) in [5, 5.41) is 14.3. The number of amides is 1. The van der Waals surface area contributed by atoms with E-state index >= 15 is 0 Å². The lowest BCUT2D eigenvalue weighted by molar-refractivity contribution is -0.384. The number of aryl methyl sites for hydroxylation is 2. The van der Waals surface area contributed by atoms with Crippen LogP contribution in [0.25, 0.3) is 0 Å². The van der Waals surface area contributed by atoms with Crippen LogP contribution in [0, 0.1) is 30.9 Å².